The molecule has 14 heavy (non-hydrogen) atoms. The maximum absolute atomic E-state index is 6.10. The Morgan fingerprint density at radius 1 is 1.36 bits per heavy atom. The van der Waals surface area contributed by atoms with E-state index in [0.29, 0.717) is 0 Å². The molecule has 0 saturated carbocycles. The van der Waals surface area contributed by atoms with Crippen molar-refractivity contribution < 1.29 is 9.47 Å². The zero-order chi connectivity index (χ0) is 9.80. The first-order chi connectivity index (χ1) is 6.86. The van der Waals surface area contributed by atoms with Gasteiger partial charge < -0.3 is 15.2 Å². The lowest BCUT2D eigenvalue weighted by atomic mass is 9.93. The number of hydrogen-bond acceptors (Lipinski definition) is 3. The molecule has 3 heteroatoms. The average Bonchev–Trinajstić information content (AvgIpc) is 2.72. The van der Waals surface area contributed by atoms with Gasteiger partial charge in [-0.3, -0.25) is 0 Å². The van der Waals surface area contributed by atoms with Gasteiger partial charge in [-0.25, -0.2) is 0 Å². The molecule has 2 N–H and O–H groups in total. The molecular weight excluding hydrogens is 178 g/mol. The molecule has 0 aromatic carbocycles. The summed E-state index contributed by atoms with van der Waals surface area (Å²) in [6, 6.07) is 0.137. The van der Waals surface area contributed by atoms with Crippen LogP contribution in [-0.4, -0.2) is 25.5 Å². The highest BCUT2D eigenvalue weighted by atomic mass is 16.7. The molecule has 1 saturated heterocycles. The number of allylic oxidation sites excluding steroid dienone is 1. The van der Waals surface area contributed by atoms with Crippen LogP contribution in [0.4, 0.5) is 0 Å². The molecule has 0 radical (unpaired) electrons. The van der Waals surface area contributed by atoms with Crippen LogP contribution in [0, 0.1) is 0 Å². The van der Waals surface area contributed by atoms with E-state index in [2.05, 4.69) is 6.08 Å². The van der Waals surface area contributed by atoms with Crippen molar-refractivity contribution in [3.05, 3.63) is 11.6 Å². The average molecular weight is 197 g/mol. The minimum Gasteiger partial charge on any atom is -0.350 e. The van der Waals surface area contributed by atoms with Gasteiger partial charge in [0.15, 0.2) is 6.29 Å². The van der Waals surface area contributed by atoms with Gasteiger partial charge in [-0.2, -0.15) is 0 Å². The number of nitrogens with two attached hydrogens (primary N) is 1. The summed E-state index contributed by atoms with van der Waals surface area (Å²) < 4.78 is 10.8. The van der Waals surface area contributed by atoms with Crippen LogP contribution in [0.5, 0.6) is 0 Å². The van der Waals surface area contributed by atoms with Crippen molar-refractivity contribution in [1.29, 1.82) is 0 Å². The summed E-state index contributed by atoms with van der Waals surface area (Å²) in [6.07, 6.45) is 7.99. The molecule has 80 valence electrons. The molecule has 1 aliphatic heterocycles. The van der Waals surface area contributed by atoms with Crippen LogP contribution in [0.1, 0.15) is 32.1 Å². The molecule has 3 nitrogen and oxygen atoms in total. The first-order valence-corrected chi connectivity index (χ1v) is 5.54. The fourth-order valence-corrected chi connectivity index (χ4v) is 2.10. The predicted octanol–water partition coefficient (Wildman–Crippen LogP) is 1.58. The van der Waals surface area contributed by atoms with Gasteiger partial charge in [0.1, 0.15) is 0 Å². The van der Waals surface area contributed by atoms with Gasteiger partial charge in [-0.05, 0) is 25.7 Å². The van der Waals surface area contributed by atoms with E-state index in [1.165, 1.54) is 24.8 Å². The fourth-order valence-electron chi connectivity index (χ4n) is 2.10. The predicted molar refractivity (Wildman–Crippen MR) is 54.8 cm³/mol. The van der Waals surface area contributed by atoms with Gasteiger partial charge in [0.2, 0.25) is 0 Å². The Labute approximate surface area is 85.3 Å². The van der Waals surface area contributed by atoms with Crippen molar-refractivity contribution in [2.45, 2.75) is 44.4 Å². The molecule has 2 aliphatic rings. The van der Waals surface area contributed by atoms with Crippen LogP contribution in [-0.2, 0) is 9.47 Å². The fraction of sp³-hybridized carbons (Fsp3) is 0.818. The lowest BCUT2D eigenvalue weighted by molar-refractivity contribution is -0.0488. The third kappa shape index (κ3) is 2.56. The minimum atomic E-state index is -0.0622. The van der Waals surface area contributed by atoms with Gasteiger partial charge in [-0.15, -0.1) is 0 Å². The van der Waals surface area contributed by atoms with Crippen LogP contribution >= 0.6 is 0 Å². The summed E-state index contributed by atoms with van der Waals surface area (Å²) >= 11 is 0. The Hall–Kier alpha value is -0.380. The molecule has 0 spiro atoms. The first kappa shape index (κ1) is 10.1. The van der Waals surface area contributed by atoms with Crippen LogP contribution < -0.4 is 5.73 Å². The van der Waals surface area contributed by atoms with Crippen LogP contribution in [0.2, 0.25) is 0 Å². The normalized spacial score (nSPS) is 26.2. The second kappa shape index (κ2) is 4.91. The minimum absolute atomic E-state index is 0.0622. The zero-order valence-corrected chi connectivity index (χ0v) is 8.58. The van der Waals surface area contributed by atoms with E-state index in [-0.39, 0.29) is 12.3 Å². The van der Waals surface area contributed by atoms with E-state index >= 15 is 0 Å². The molecule has 2 rings (SSSR count). The Morgan fingerprint density at radius 2 is 2.14 bits per heavy atom. The van der Waals surface area contributed by atoms with Crippen LogP contribution in [0.3, 0.4) is 0 Å². The highest BCUT2D eigenvalue weighted by Crippen LogP contribution is 2.22. The Morgan fingerprint density at radius 3 is 2.79 bits per heavy atom. The Kier molecular flexibility index (Phi) is 3.56. The summed E-state index contributed by atoms with van der Waals surface area (Å²) in [7, 11) is 0. The first-order valence-electron chi connectivity index (χ1n) is 5.54. The summed E-state index contributed by atoms with van der Waals surface area (Å²) in [5.74, 6) is 0. The van der Waals surface area contributed by atoms with Crippen molar-refractivity contribution in [1.82, 2.24) is 0 Å². The van der Waals surface area contributed by atoms with E-state index in [0.717, 1.165) is 26.1 Å². The second-order valence-corrected chi connectivity index (χ2v) is 4.04. The van der Waals surface area contributed by atoms with Crippen molar-refractivity contribution in [2.75, 3.05) is 13.2 Å². The van der Waals surface area contributed by atoms with E-state index in [1.54, 1.807) is 0 Å². The maximum Gasteiger partial charge on any atom is 0.159 e. The summed E-state index contributed by atoms with van der Waals surface area (Å²) in [5, 5.41) is 0. The van der Waals surface area contributed by atoms with Gasteiger partial charge >= 0.3 is 0 Å². The molecule has 1 heterocycles. The van der Waals surface area contributed by atoms with E-state index in [9.17, 15) is 0 Å². The number of ether oxygens (including phenoxy) is 2. The molecule has 0 bridgehead atoms. The SMILES string of the molecule is NC(CC1OCCO1)C1=CCCCC1. The van der Waals surface area contributed by atoms with Crippen molar-refractivity contribution in [3.8, 4) is 0 Å². The quantitative estimate of drug-likeness (QED) is 0.698. The third-order valence-electron chi connectivity index (χ3n) is 2.94. The highest BCUT2D eigenvalue weighted by Gasteiger charge is 2.21. The molecule has 1 atom stereocenters. The van der Waals surface area contributed by atoms with Gasteiger partial charge in [0.05, 0.1) is 13.2 Å². The van der Waals surface area contributed by atoms with Crippen molar-refractivity contribution in [3.63, 3.8) is 0 Å². The van der Waals surface area contributed by atoms with Crippen molar-refractivity contribution in [2.24, 2.45) is 5.73 Å². The molecule has 0 amide bonds. The summed E-state index contributed by atoms with van der Waals surface area (Å²) in [5.41, 5.74) is 7.50. The molecule has 1 unspecified atom stereocenters. The topological polar surface area (TPSA) is 44.5 Å². The van der Waals surface area contributed by atoms with Gasteiger partial charge in [-0.1, -0.05) is 11.6 Å². The number of rotatable bonds is 3. The monoisotopic (exact) mass is 197 g/mol. The standard InChI is InChI=1S/C11H19NO2/c12-10(8-11-13-6-7-14-11)9-4-2-1-3-5-9/h4,10-11H,1-3,5-8,12H2. The highest BCUT2D eigenvalue weighted by molar-refractivity contribution is 5.12. The molecule has 0 aromatic heterocycles. The van der Waals surface area contributed by atoms with Gasteiger partial charge in [0.25, 0.3) is 0 Å². The maximum atomic E-state index is 6.10. The summed E-state index contributed by atoms with van der Waals surface area (Å²) in [4.78, 5) is 0. The van der Waals surface area contributed by atoms with E-state index in [4.69, 9.17) is 15.2 Å². The van der Waals surface area contributed by atoms with Crippen LogP contribution in [0.25, 0.3) is 0 Å². The lowest BCUT2D eigenvalue weighted by Crippen LogP contribution is -2.29. The third-order valence-corrected chi connectivity index (χ3v) is 2.94. The second-order valence-electron chi connectivity index (χ2n) is 4.04. The smallest absolute Gasteiger partial charge is 0.159 e. The van der Waals surface area contributed by atoms with Gasteiger partial charge in [0, 0.05) is 12.5 Å². The zero-order valence-electron chi connectivity index (χ0n) is 8.58. The molecule has 0 aromatic rings. The van der Waals surface area contributed by atoms with Crippen molar-refractivity contribution >= 4 is 0 Å². The van der Waals surface area contributed by atoms with Crippen LogP contribution in [0.15, 0.2) is 11.6 Å². The largest absolute Gasteiger partial charge is 0.350 e. The molecule has 1 fully saturated rings. The Bertz CT molecular complexity index is 209. The van der Waals surface area contributed by atoms with E-state index < -0.39 is 0 Å². The molecular formula is C11H19NO2. The number of hydrogen-bond donors (Lipinski definition) is 1. The molecule has 1 aliphatic carbocycles. The van der Waals surface area contributed by atoms with E-state index in [1.807, 2.05) is 0 Å². The summed E-state index contributed by atoms with van der Waals surface area (Å²) in [6.45, 7) is 1.44. The lowest BCUT2D eigenvalue weighted by Gasteiger charge is -2.21. The Balaban J connectivity index is 1.81.